The number of hydrogen-bond acceptors (Lipinski definition) is 6. The molecule has 1 N–H and O–H groups in total. The van der Waals surface area contributed by atoms with Crippen molar-refractivity contribution < 1.29 is 27.8 Å². The standard InChI is InChI=1S/C22H27F3N4O4/c1-33-19-26-12-15-16(27-19)5-10-29(18(15)31)14-21(32)9-11-28(13-20(21)6-2-3-7-20)17(30)4-8-22(23,24)25/h5,10,12,32H,2-4,6-9,11,13-14H2,1H3. The van der Waals surface area contributed by atoms with Crippen LogP contribution in [0.25, 0.3) is 10.9 Å². The van der Waals surface area contributed by atoms with Crippen molar-refractivity contribution in [3.05, 3.63) is 28.8 Å². The number of hydrogen-bond donors (Lipinski definition) is 1. The number of pyridine rings is 1. The minimum Gasteiger partial charge on any atom is -0.467 e. The van der Waals surface area contributed by atoms with Crippen molar-refractivity contribution in [2.75, 3.05) is 20.2 Å². The van der Waals surface area contributed by atoms with Crippen LogP contribution in [0.15, 0.2) is 23.3 Å². The lowest BCUT2D eigenvalue weighted by atomic mass is 9.65. The number of halogens is 3. The van der Waals surface area contributed by atoms with Gasteiger partial charge in [0.1, 0.15) is 0 Å². The van der Waals surface area contributed by atoms with E-state index in [1.54, 1.807) is 12.3 Å². The number of aromatic nitrogens is 3. The van der Waals surface area contributed by atoms with Crippen molar-refractivity contribution in [3.63, 3.8) is 0 Å². The van der Waals surface area contributed by atoms with E-state index < -0.39 is 35.9 Å². The molecule has 2 aromatic rings. The molecule has 0 aromatic carbocycles. The number of rotatable bonds is 5. The Morgan fingerprint density at radius 2 is 2.00 bits per heavy atom. The molecular formula is C22H27F3N4O4. The van der Waals surface area contributed by atoms with Gasteiger partial charge in [0.2, 0.25) is 5.91 Å². The Morgan fingerprint density at radius 3 is 2.67 bits per heavy atom. The maximum atomic E-state index is 13.1. The third-order valence-electron chi connectivity index (χ3n) is 7.13. The highest BCUT2D eigenvalue weighted by atomic mass is 19.4. The number of fused-ring (bicyclic) bond motifs is 1. The number of piperidine rings is 1. The van der Waals surface area contributed by atoms with Crippen LogP contribution in [0.1, 0.15) is 44.9 Å². The van der Waals surface area contributed by atoms with Crippen LogP contribution in [0.3, 0.4) is 0 Å². The summed E-state index contributed by atoms with van der Waals surface area (Å²) in [5.41, 5.74) is -1.85. The van der Waals surface area contributed by atoms with Gasteiger partial charge in [-0.15, -0.1) is 0 Å². The maximum Gasteiger partial charge on any atom is 0.389 e. The number of carbonyl (C=O) groups excluding carboxylic acids is 1. The molecular weight excluding hydrogens is 441 g/mol. The predicted octanol–water partition coefficient (Wildman–Crippen LogP) is 2.67. The SMILES string of the molecule is COc1ncc2c(=O)n(CC3(O)CCN(C(=O)CCC(F)(F)F)CC34CCCC4)ccc2n1. The van der Waals surface area contributed by atoms with E-state index >= 15 is 0 Å². The van der Waals surface area contributed by atoms with Gasteiger partial charge in [-0.1, -0.05) is 12.8 Å². The van der Waals surface area contributed by atoms with E-state index in [-0.39, 0.29) is 37.6 Å². The van der Waals surface area contributed by atoms with Gasteiger partial charge in [0.15, 0.2) is 0 Å². The van der Waals surface area contributed by atoms with Crippen LogP contribution in [0.2, 0.25) is 0 Å². The van der Waals surface area contributed by atoms with E-state index in [2.05, 4.69) is 9.97 Å². The Morgan fingerprint density at radius 1 is 1.27 bits per heavy atom. The fraction of sp³-hybridized carbons (Fsp3) is 0.636. The van der Waals surface area contributed by atoms with Crippen LogP contribution in [-0.4, -0.2) is 62.4 Å². The Hall–Kier alpha value is -2.69. The first-order chi connectivity index (χ1) is 15.6. The molecule has 1 saturated carbocycles. The monoisotopic (exact) mass is 468 g/mol. The number of methoxy groups -OCH3 is 1. The van der Waals surface area contributed by atoms with E-state index in [4.69, 9.17) is 4.74 Å². The fourth-order valence-electron chi connectivity index (χ4n) is 5.28. The van der Waals surface area contributed by atoms with Gasteiger partial charge in [-0.3, -0.25) is 9.59 Å². The summed E-state index contributed by atoms with van der Waals surface area (Å²) < 4.78 is 44.1. The molecule has 1 saturated heterocycles. The number of ether oxygens (including phenoxy) is 1. The number of likely N-dealkylation sites (tertiary alicyclic amines) is 1. The Labute approximate surface area is 188 Å². The molecule has 8 nitrogen and oxygen atoms in total. The third-order valence-corrected chi connectivity index (χ3v) is 7.13. The lowest BCUT2D eigenvalue weighted by Gasteiger charge is -2.52. The van der Waals surface area contributed by atoms with Gasteiger partial charge in [-0.05, 0) is 25.3 Å². The Kier molecular flexibility index (Phi) is 6.10. The van der Waals surface area contributed by atoms with Crippen LogP contribution in [-0.2, 0) is 11.3 Å². The second-order valence-electron chi connectivity index (χ2n) is 9.10. The van der Waals surface area contributed by atoms with E-state index in [1.165, 1.54) is 22.8 Å². The highest BCUT2D eigenvalue weighted by Gasteiger charge is 2.55. The number of amides is 1. The summed E-state index contributed by atoms with van der Waals surface area (Å²) in [5.74, 6) is -0.547. The minimum absolute atomic E-state index is 0.0262. The first-order valence-corrected chi connectivity index (χ1v) is 11.0. The number of aliphatic hydroxyl groups is 1. The van der Waals surface area contributed by atoms with Crippen LogP contribution in [0, 0.1) is 5.41 Å². The van der Waals surface area contributed by atoms with Crippen LogP contribution in [0.4, 0.5) is 13.2 Å². The molecule has 180 valence electrons. The van der Waals surface area contributed by atoms with Crippen molar-refractivity contribution in [3.8, 4) is 6.01 Å². The molecule has 0 radical (unpaired) electrons. The fourth-order valence-corrected chi connectivity index (χ4v) is 5.28. The second kappa shape index (κ2) is 8.58. The highest BCUT2D eigenvalue weighted by Crippen LogP contribution is 2.51. The van der Waals surface area contributed by atoms with Gasteiger partial charge < -0.3 is 19.3 Å². The summed E-state index contributed by atoms with van der Waals surface area (Å²) in [5, 5.41) is 12.1. The molecule has 1 unspecified atom stereocenters. The van der Waals surface area contributed by atoms with Crippen molar-refractivity contribution in [1.29, 1.82) is 0 Å². The number of carbonyl (C=O) groups is 1. The molecule has 11 heteroatoms. The lowest BCUT2D eigenvalue weighted by molar-refractivity contribution is -0.166. The predicted molar refractivity (Wildman–Crippen MR) is 113 cm³/mol. The Balaban J connectivity index is 1.58. The topological polar surface area (TPSA) is 97.5 Å². The molecule has 3 heterocycles. The van der Waals surface area contributed by atoms with E-state index in [0.29, 0.717) is 23.7 Å². The first-order valence-electron chi connectivity index (χ1n) is 11.0. The van der Waals surface area contributed by atoms with Crippen molar-refractivity contribution in [2.24, 2.45) is 5.41 Å². The average Bonchev–Trinajstić information content (AvgIpc) is 3.25. The van der Waals surface area contributed by atoms with E-state index in [0.717, 1.165) is 12.8 Å². The molecule has 1 atom stereocenters. The third kappa shape index (κ3) is 4.55. The van der Waals surface area contributed by atoms with Gasteiger partial charge in [0.25, 0.3) is 5.56 Å². The van der Waals surface area contributed by atoms with Gasteiger partial charge >= 0.3 is 12.2 Å². The van der Waals surface area contributed by atoms with Crippen molar-refractivity contribution in [1.82, 2.24) is 19.4 Å². The molecule has 4 rings (SSSR count). The molecule has 2 aliphatic rings. The summed E-state index contributed by atoms with van der Waals surface area (Å²) in [4.78, 5) is 35.1. The van der Waals surface area contributed by atoms with Gasteiger partial charge in [-0.25, -0.2) is 4.98 Å². The number of nitrogens with zero attached hydrogens (tertiary/aromatic N) is 4. The quantitative estimate of drug-likeness (QED) is 0.725. The van der Waals surface area contributed by atoms with Crippen LogP contribution in [0.5, 0.6) is 6.01 Å². The molecule has 1 amide bonds. The zero-order valence-electron chi connectivity index (χ0n) is 18.4. The number of alkyl halides is 3. The summed E-state index contributed by atoms with van der Waals surface area (Å²) in [6.45, 7) is 0.374. The van der Waals surface area contributed by atoms with E-state index in [1.807, 2.05) is 0 Å². The van der Waals surface area contributed by atoms with Gasteiger partial charge in [-0.2, -0.15) is 18.2 Å². The summed E-state index contributed by atoms with van der Waals surface area (Å²) in [6, 6.07) is 1.80. The van der Waals surface area contributed by atoms with Crippen LogP contribution >= 0.6 is 0 Å². The molecule has 33 heavy (non-hydrogen) atoms. The van der Waals surface area contributed by atoms with Gasteiger partial charge in [0, 0.05) is 37.3 Å². The summed E-state index contributed by atoms with van der Waals surface area (Å²) in [7, 11) is 1.43. The summed E-state index contributed by atoms with van der Waals surface area (Å²) in [6.07, 6.45) is 0.0155. The van der Waals surface area contributed by atoms with Crippen LogP contribution < -0.4 is 10.3 Å². The first kappa shape index (κ1) is 23.5. The van der Waals surface area contributed by atoms with Crippen molar-refractivity contribution in [2.45, 2.75) is 63.3 Å². The smallest absolute Gasteiger partial charge is 0.389 e. The van der Waals surface area contributed by atoms with Gasteiger partial charge in [0.05, 0.1) is 36.6 Å². The summed E-state index contributed by atoms with van der Waals surface area (Å²) >= 11 is 0. The minimum atomic E-state index is -4.39. The van der Waals surface area contributed by atoms with E-state index in [9.17, 15) is 27.9 Å². The van der Waals surface area contributed by atoms with Crippen molar-refractivity contribution >= 4 is 16.8 Å². The Bertz CT molecular complexity index is 1100. The largest absolute Gasteiger partial charge is 0.467 e. The maximum absolute atomic E-state index is 13.1. The normalized spacial score (nSPS) is 22.8. The molecule has 2 aromatic heterocycles. The molecule has 1 aliphatic carbocycles. The second-order valence-corrected chi connectivity index (χ2v) is 9.10. The molecule has 1 aliphatic heterocycles. The molecule has 0 bridgehead atoms. The highest BCUT2D eigenvalue weighted by molar-refractivity contribution is 5.77. The lowest BCUT2D eigenvalue weighted by Crippen LogP contribution is -2.62. The zero-order valence-corrected chi connectivity index (χ0v) is 18.4. The molecule has 1 spiro atoms. The average molecular weight is 468 g/mol. The zero-order chi connectivity index (χ0) is 23.9. The molecule has 2 fully saturated rings.